The maximum atomic E-state index is 5.06. The molecule has 1 aliphatic heterocycles. The van der Waals surface area contributed by atoms with Crippen LogP contribution in [0, 0.1) is 0 Å². The second-order valence-electron chi connectivity index (χ2n) is 7.91. The van der Waals surface area contributed by atoms with Gasteiger partial charge in [-0.15, -0.1) is 0 Å². The standard InChI is InChI=1S/C25H27N5/c1-6-13-29(14-7-1)25-22(16-20-8-2-4-10-23(20)28-25)18-27-17-21-9-3-5-11-24(21)30-15-12-26-19-30/h2-5,8-12,15-16,19,27H,1,6-7,13-14,17-18H2. The molecule has 1 N–H and O–H groups in total. The van der Waals surface area contributed by atoms with Crippen molar-refractivity contribution >= 4 is 16.7 Å². The quantitative estimate of drug-likeness (QED) is 0.512. The minimum atomic E-state index is 0.792. The summed E-state index contributed by atoms with van der Waals surface area (Å²) >= 11 is 0. The summed E-state index contributed by atoms with van der Waals surface area (Å²) in [5.74, 6) is 1.14. The summed E-state index contributed by atoms with van der Waals surface area (Å²) in [5, 5.41) is 4.87. The molecule has 1 aliphatic rings. The summed E-state index contributed by atoms with van der Waals surface area (Å²) in [6.45, 7) is 3.78. The van der Waals surface area contributed by atoms with Crippen molar-refractivity contribution in [3.63, 3.8) is 0 Å². The molecule has 5 heteroatoms. The van der Waals surface area contributed by atoms with E-state index in [0.29, 0.717) is 0 Å². The van der Waals surface area contributed by atoms with Gasteiger partial charge in [0.05, 0.1) is 17.5 Å². The van der Waals surface area contributed by atoms with Gasteiger partial charge in [0.25, 0.3) is 0 Å². The van der Waals surface area contributed by atoms with E-state index in [2.05, 4.69) is 74.4 Å². The molecule has 30 heavy (non-hydrogen) atoms. The van der Waals surface area contributed by atoms with Gasteiger partial charge in [-0.2, -0.15) is 0 Å². The molecule has 4 aromatic rings. The number of pyridine rings is 1. The fourth-order valence-electron chi connectivity index (χ4n) is 4.30. The van der Waals surface area contributed by atoms with Crippen molar-refractivity contribution in [1.82, 2.24) is 19.9 Å². The highest BCUT2D eigenvalue weighted by Gasteiger charge is 2.17. The fraction of sp³-hybridized carbons (Fsp3) is 0.280. The molecular formula is C25H27N5. The molecule has 0 amide bonds. The Balaban J connectivity index is 1.39. The van der Waals surface area contributed by atoms with Gasteiger partial charge in [0, 0.05) is 49.5 Å². The lowest BCUT2D eigenvalue weighted by Gasteiger charge is -2.30. The Labute approximate surface area is 177 Å². The molecule has 5 nitrogen and oxygen atoms in total. The van der Waals surface area contributed by atoms with Crippen LogP contribution in [0.5, 0.6) is 0 Å². The van der Waals surface area contributed by atoms with Crippen LogP contribution in [0.25, 0.3) is 16.6 Å². The predicted octanol–water partition coefficient (Wildman–Crippen LogP) is 4.70. The monoisotopic (exact) mass is 397 g/mol. The average molecular weight is 398 g/mol. The largest absolute Gasteiger partial charge is 0.356 e. The number of anilines is 1. The molecule has 2 aromatic heterocycles. The SMILES string of the molecule is c1ccc(-n2ccnc2)c(CNCc2cc3ccccc3nc2N2CCCCC2)c1. The predicted molar refractivity (Wildman–Crippen MR) is 122 cm³/mol. The van der Waals surface area contributed by atoms with Crippen molar-refractivity contribution in [2.75, 3.05) is 18.0 Å². The first-order valence-electron chi connectivity index (χ1n) is 10.8. The Morgan fingerprint density at radius 3 is 2.53 bits per heavy atom. The number of imidazole rings is 1. The molecule has 0 radical (unpaired) electrons. The van der Waals surface area contributed by atoms with Crippen LogP contribution in [0.4, 0.5) is 5.82 Å². The van der Waals surface area contributed by atoms with Crippen molar-refractivity contribution in [3.8, 4) is 5.69 Å². The molecule has 5 rings (SSSR count). The van der Waals surface area contributed by atoms with Crippen LogP contribution < -0.4 is 10.2 Å². The van der Waals surface area contributed by atoms with Gasteiger partial charge in [0.15, 0.2) is 0 Å². The minimum Gasteiger partial charge on any atom is -0.356 e. The number of nitrogens with one attached hydrogen (secondary N) is 1. The van der Waals surface area contributed by atoms with Crippen molar-refractivity contribution in [2.45, 2.75) is 32.4 Å². The Hall–Kier alpha value is -3.18. The third-order valence-electron chi connectivity index (χ3n) is 5.84. The van der Waals surface area contributed by atoms with Crippen molar-refractivity contribution in [1.29, 1.82) is 0 Å². The van der Waals surface area contributed by atoms with E-state index < -0.39 is 0 Å². The van der Waals surface area contributed by atoms with Gasteiger partial charge in [-0.05, 0) is 43.0 Å². The molecule has 0 atom stereocenters. The summed E-state index contributed by atoms with van der Waals surface area (Å²) in [5.41, 5.74) is 4.77. The average Bonchev–Trinajstić information content (AvgIpc) is 3.34. The highest BCUT2D eigenvalue weighted by atomic mass is 15.2. The van der Waals surface area contributed by atoms with E-state index in [9.17, 15) is 0 Å². The first-order valence-corrected chi connectivity index (χ1v) is 10.8. The van der Waals surface area contributed by atoms with Crippen LogP contribution in [-0.2, 0) is 13.1 Å². The van der Waals surface area contributed by atoms with Crippen molar-refractivity contribution in [3.05, 3.63) is 84.4 Å². The molecule has 0 spiro atoms. The van der Waals surface area contributed by atoms with Crippen LogP contribution >= 0.6 is 0 Å². The lowest BCUT2D eigenvalue weighted by molar-refractivity contribution is 0.570. The number of rotatable bonds is 6. The van der Waals surface area contributed by atoms with E-state index in [-0.39, 0.29) is 0 Å². The van der Waals surface area contributed by atoms with Gasteiger partial charge in [0.1, 0.15) is 5.82 Å². The lowest BCUT2D eigenvalue weighted by atomic mass is 10.1. The number of piperidine rings is 1. The number of para-hydroxylation sites is 2. The highest BCUT2D eigenvalue weighted by Crippen LogP contribution is 2.26. The second kappa shape index (κ2) is 8.67. The topological polar surface area (TPSA) is 46.0 Å². The Morgan fingerprint density at radius 1 is 0.867 bits per heavy atom. The molecular weight excluding hydrogens is 370 g/mol. The molecule has 0 bridgehead atoms. The fourth-order valence-corrected chi connectivity index (χ4v) is 4.30. The van der Waals surface area contributed by atoms with Gasteiger partial charge >= 0.3 is 0 Å². The van der Waals surface area contributed by atoms with Gasteiger partial charge in [0.2, 0.25) is 0 Å². The van der Waals surface area contributed by atoms with E-state index in [0.717, 1.165) is 43.2 Å². The van der Waals surface area contributed by atoms with Gasteiger partial charge in [-0.25, -0.2) is 9.97 Å². The molecule has 1 fully saturated rings. The normalized spacial score (nSPS) is 14.3. The van der Waals surface area contributed by atoms with Gasteiger partial charge in [-0.1, -0.05) is 36.4 Å². The summed E-state index contributed by atoms with van der Waals surface area (Å²) in [4.78, 5) is 11.7. The number of nitrogens with zero attached hydrogens (tertiary/aromatic N) is 4. The molecule has 3 heterocycles. The van der Waals surface area contributed by atoms with Crippen molar-refractivity contribution in [2.24, 2.45) is 0 Å². The maximum Gasteiger partial charge on any atom is 0.133 e. The van der Waals surface area contributed by atoms with E-state index in [1.807, 2.05) is 18.7 Å². The lowest BCUT2D eigenvalue weighted by Crippen LogP contribution is -2.31. The van der Waals surface area contributed by atoms with Gasteiger partial charge < -0.3 is 14.8 Å². The molecule has 1 saturated heterocycles. The van der Waals surface area contributed by atoms with E-state index >= 15 is 0 Å². The number of aromatic nitrogens is 3. The van der Waals surface area contributed by atoms with Crippen LogP contribution in [0.3, 0.4) is 0 Å². The van der Waals surface area contributed by atoms with Gasteiger partial charge in [-0.3, -0.25) is 0 Å². The highest BCUT2D eigenvalue weighted by molar-refractivity contribution is 5.81. The van der Waals surface area contributed by atoms with Crippen LogP contribution in [-0.4, -0.2) is 27.6 Å². The second-order valence-corrected chi connectivity index (χ2v) is 7.91. The van der Waals surface area contributed by atoms with E-state index in [4.69, 9.17) is 4.98 Å². The summed E-state index contributed by atoms with van der Waals surface area (Å²) in [6.07, 6.45) is 9.47. The van der Waals surface area contributed by atoms with E-state index in [1.165, 1.54) is 35.8 Å². The zero-order valence-corrected chi connectivity index (χ0v) is 17.2. The van der Waals surface area contributed by atoms with Crippen LogP contribution in [0.2, 0.25) is 0 Å². The minimum absolute atomic E-state index is 0.792. The summed E-state index contributed by atoms with van der Waals surface area (Å²) in [6, 6.07) is 19.2. The summed E-state index contributed by atoms with van der Waals surface area (Å²) in [7, 11) is 0. The first kappa shape index (κ1) is 18.8. The maximum absolute atomic E-state index is 5.06. The third-order valence-corrected chi connectivity index (χ3v) is 5.84. The molecule has 2 aromatic carbocycles. The zero-order chi connectivity index (χ0) is 20.2. The third kappa shape index (κ3) is 3.94. The van der Waals surface area contributed by atoms with Crippen LogP contribution in [0.1, 0.15) is 30.4 Å². The summed E-state index contributed by atoms with van der Waals surface area (Å²) < 4.78 is 2.06. The molecule has 0 unspecified atom stereocenters. The Kier molecular flexibility index (Phi) is 5.44. The van der Waals surface area contributed by atoms with E-state index in [1.54, 1.807) is 0 Å². The smallest absolute Gasteiger partial charge is 0.133 e. The number of hydrogen-bond donors (Lipinski definition) is 1. The number of fused-ring (bicyclic) bond motifs is 1. The molecule has 0 saturated carbocycles. The Bertz CT molecular complexity index is 1110. The zero-order valence-electron chi connectivity index (χ0n) is 17.2. The van der Waals surface area contributed by atoms with Crippen molar-refractivity contribution < 1.29 is 0 Å². The number of hydrogen-bond acceptors (Lipinski definition) is 4. The van der Waals surface area contributed by atoms with Crippen LogP contribution in [0.15, 0.2) is 73.3 Å². The Morgan fingerprint density at radius 2 is 1.67 bits per heavy atom. The molecule has 152 valence electrons. The molecule has 0 aliphatic carbocycles. The first-order chi connectivity index (χ1) is 14.9. The number of benzene rings is 2.